The Kier molecular flexibility index (Phi) is 4.96. The molecule has 1 saturated carbocycles. The zero-order valence-electron chi connectivity index (χ0n) is 13.5. The minimum absolute atomic E-state index is 0.170. The van der Waals surface area contributed by atoms with Crippen LogP contribution in [0.25, 0.3) is 0 Å². The van der Waals surface area contributed by atoms with Crippen molar-refractivity contribution in [2.24, 2.45) is 0 Å². The van der Waals surface area contributed by atoms with Crippen LogP contribution in [0.15, 0.2) is 41.6 Å². The molecule has 1 aromatic carbocycles. The number of benzene rings is 1. The maximum absolute atomic E-state index is 12.6. The van der Waals surface area contributed by atoms with Crippen LogP contribution in [0.1, 0.15) is 29.8 Å². The fourth-order valence-corrected chi connectivity index (χ4v) is 3.39. The molecule has 1 heterocycles. The smallest absolute Gasteiger partial charge is 0.233 e. The number of amides is 1. The van der Waals surface area contributed by atoms with Gasteiger partial charge in [0.25, 0.3) is 0 Å². The molecular formula is C18H21N3OS. The predicted octanol–water partition coefficient (Wildman–Crippen LogP) is 3.38. The molecule has 0 saturated heterocycles. The first-order valence-corrected chi connectivity index (χ1v) is 8.89. The summed E-state index contributed by atoms with van der Waals surface area (Å²) in [4.78, 5) is 23.4. The Morgan fingerprint density at radius 2 is 1.83 bits per heavy atom. The molecule has 0 bridgehead atoms. The van der Waals surface area contributed by atoms with E-state index in [0.717, 1.165) is 24.2 Å². The number of nitrogens with zero attached hydrogens (tertiary/aromatic N) is 3. The second-order valence-electron chi connectivity index (χ2n) is 5.96. The number of aromatic nitrogens is 2. The van der Waals surface area contributed by atoms with Crippen molar-refractivity contribution in [2.45, 2.75) is 44.4 Å². The lowest BCUT2D eigenvalue weighted by molar-refractivity contribution is -0.129. The average Bonchev–Trinajstić information content (AvgIpc) is 3.35. The van der Waals surface area contributed by atoms with Crippen LogP contribution in [-0.2, 0) is 11.3 Å². The molecule has 4 nitrogen and oxygen atoms in total. The molecule has 1 aliphatic carbocycles. The fourth-order valence-electron chi connectivity index (χ4n) is 2.55. The van der Waals surface area contributed by atoms with Crippen molar-refractivity contribution in [3.05, 3.63) is 53.3 Å². The number of carbonyl (C=O) groups excluding carboxylic acids is 1. The highest BCUT2D eigenvalue weighted by Crippen LogP contribution is 2.29. The van der Waals surface area contributed by atoms with E-state index in [1.54, 1.807) is 0 Å². The molecule has 0 radical (unpaired) electrons. The third-order valence-electron chi connectivity index (χ3n) is 3.79. The lowest BCUT2D eigenvalue weighted by Gasteiger charge is -2.22. The van der Waals surface area contributed by atoms with E-state index in [1.165, 1.54) is 17.3 Å². The number of thioether (sulfide) groups is 1. The van der Waals surface area contributed by atoms with Crippen molar-refractivity contribution in [2.75, 3.05) is 5.75 Å². The summed E-state index contributed by atoms with van der Waals surface area (Å²) in [5.74, 6) is 0.566. The summed E-state index contributed by atoms with van der Waals surface area (Å²) in [6.45, 7) is 4.59. The largest absolute Gasteiger partial charge is 0.335 e. The van der Waals surface area contributed by atoms with Gasteiger partial charge in [0.2, 0.25) is 5.91 Å². The quantitative estimate of drug-likeness (QED) is 0.603. The highest BCUT2D eigenvalue weighted by atomic mass is 32.2. The zero-order valence-corrected chi connectivity index (χ0v) is 14.3. The van der Waals surface area contributed by atoms with Gasteiger partial charge >= 0.3 is 0 Å². The van der Waals surface area contributed by atoms with Crippen molar-refractivity contribution in [3.63, 3.8) is 0 Å². The number of aryl methyl sites for hydroxylation is 2. The summed E-state index contributed by atoms with van der Waals surface area (Å²) >= 11 is 1.43. The van der Waals surface area contributed by atoms with Crippen LogP contribution >= 0.6 is 11.8 Å². The molecule has 23 heavy (non-hydrogen) atoms. The van der Waals surface area contributed by atoms with Gasteiger partial charge in [0.15, 0.2) is 5.16 Å². The number of hydrogen-bond donors (Lipinski definition) is 0. The van der Waals surface area contributed by atoms with Crippen LogP contribution < -0.4 is 0 Å². The first-order valence-electron chi connectivity index (χ1n) is 7.90. The monoisotopic (exact) mass is 327 g/mol. The highest BCUT2D eigenvalue weighted by molar-refractivity contribution is 7.99. The van der Waals surface area contributed by atoms with Gasteiger partial charge in [-0.15, -0.1) is 0 Å². The molecule has 0 N–H and O–H groups in total. The molecule has 5 heteroatoms. The van der Waals surface area contributed by atoms with Crippen molar-refractivity contribution < 1.29 is 4.79 Å². The van der Waals surface area contributed by atoms with E-state index < -0.39 is 0 Å². The molecule has 120 valence electrons. The number of carbonyl (C=O) groups is 1. The summed E-state index contributed by atoms with van der Waals surface area (Å²) in [5, 5.41) is 0.686. The van der Waals surface area contributed by atoms with Gasteiger partial charge in [0, 0.05) is 24.0 Å². The Morgan fingerprint density at radius 3 is 2.43 bits per heavy atom. The first-order chi connectivity index (χ1) is 11.1. The maximum Gasteiger partial charge on any atom is 0.233 e. The van der Waals surface area contributed by atoms with Gasteiger partial charge in [-0.1, -0.05) is 42.1 Å². The molecule has 0 spiro atoms. The van der Waals surface area contributed by atoms with Gasteiger partial charge in [-0.2, -0.15) is 0 Å². The molecule has 0 aliphatic heterocycles. The zero-order chi connectivity index (χ0) is 16.2. The molecule has 2 aromatic rings. The first kappa shape index (κ1) is 16.0. The van der Waals surface area contributed by atoms with E-state index in [1.807, 2.05) is 43.0 Å². The molecule has 0 unspecified atom stereocenters. The van der Waals surface area contributed by atoms with E-state index in [0.29, 0.717) is 23.5 Å². The molecule has 1 aromatic heterocycles. The van der Waals surface area contributed by atoms with Crippen molar-refractivity contribution in [1.29, 1.82) is 0 Å². The Morgan fingerprint density at radius 1 is 1.17 bits per heavy atom. The third kappa shape index (κ3) is 4.55. The van der Waals surface area contributed by atoms with Gasteiger partial charge in [0.05, 0.1) is 5.75 Å². The lowest BCUT2D eigenvalue weighted by Crippen LogP contribution is -2.34. The van der Waals surface area contributed by atoms with Gasteiger partial charge < -0.3 is 4.90 Å². The Hall–Kier alpha value is -1.88. The predicted molar refractivity (Wildman–Crippen MR) is 92.2 cm³/mol. The van der Waals surface area contributed by atoms with E-state index in [9.17, 15) is 4.79 Å². The van der Waals surface area contributed by atoms with Gasteiger partial charge in [-0.05, 0) is 38.3 Å². The second-order valence-corrected chi connectivity index (χ2v) is 6.90. The molecular weight excluding hydrogens is 306 g/mol. The standard InChI is InChI=1S/C18H21N3OS/c1-13-10-14(2)20-18(19-13)23-12-17(22)21(16-8-9-16)11-15-6-4-3-5-7-15/h3-7,10,16H,8-9,11-12H2,1-2H3. The van der Waals surface area contributed by atoms with E-state index in [2.05, 4.69) is 22.1 Å². The lowest BCUT2D eigenvalue weighted by atomic mass is 10.2. The minimum Gasteiger partial charge on any atom is -0.335 e. The van der Waals surface area contributed by atoms with E-state index in [-0.39, 0.29) is 5.91 Å². The molecule has 3 rings (SSSR count). The minimum atomic E-state index is 0.170. The van der Waals surface area contributed by atoms with Crippen molar-refractivity contribution in [3.8, 4) is 0 Å². The average molecular weight is 327 g/mol. The van der Waals surface area contributed by atoms with E-state index in [4.69, 9.17) is 0 Å². The van der Waals surface area contributed by atoms with E-state index >= 15 is 0 Å². The van der Waals surface area contributed by atoms with Crippen molar-refractivity contribution >= 4 is 17.7 Å². The van der Waals surface area contributed by atoms with Gasteiger partial charge in [0.1, 0.15) is 0 Å². The van der Waals surface area contributed by atoms with Crippen LogP contribution in [0.2, 0.25) is 0 Å². The fraction of sp³-hybridized carbons (Fsp3) is 0.389. The third-order valence-corrected chi connectivity index (χ3v) is 4.62. The summed E-state index contributed by atoms with van der Waals surface area (Å²) in [5.41, 5.74) is 3.06. The Bertz CT molecular complexity index is 666. The highest BCUT2D eigenvalue weighted by Gasteiger charge is 2.32. The molecule has 1 amide bonds. The molecule has 0 atom stereocenters. The van der Waals surface area contributed by atoms with Crippen LogP contribution in [0.3, 0.4) is 0 Å². The summed E-state index contributed by atoms with van der Waals surface area (Å²) in [6, 6.07) is 12.5. The number of rotatable bonds is 6. The number of hydrogen-bond acceptors (Lipinski definition) is 4. The molecule has 1 fully saturated rings. The van der Waals surface area contributed by atoms with Crippen LogP contribution in [0.4, 0.5) is 0 Å². The second kappa shape index (κ2) is 7.13. The normalized spacial score (nSPS) is 13.8. The van der Waals surface area contributed by atoms with Crippen molar-refractivity contribution in [1.82, 2.24) is 14.9 Å². The summed E-state index contributed by atoms with van der Waals surface area (Å²) < 4.78 is 0. The summed E-state index contributed by atoms with van der Waals surface area (Å²) in [6.07, 6.45) is 2.23. The molecule has 1 aliphatic rings. The SMILES string of the molecule is Cc1cc(C)nc(SCC(=O)N(Cc2ccccc2)C2CC2)n1. The van der Waals surface area contributed by atoms with Crippen LogP contribution in [0.5, 0.6) is 0 Å². The maximum atomic E-state index is 12.6. The van der Waals surface area contributed by atoms with Gasteiger partial charge in [-0.25, -0.2) is 9.97 Å². The van der Waals surface area contributed by atoms with Crippen LogP contribution in [0, 0.1) is 13.8 Å². The van der Waals surface area contributed by atoms with Gasteiger partial charge in [-0.3, -0.25) is 4.79 Å². The van der Waals surface area contributed by atoms with Crippen LogP contribution in [-0.4, -0.2) is 32.6 Å². The summed E-state index contributed by atoms with van der Waals surface area (Å²) in [7, 11) is 0. The Balaban J connectivity index is 1.62. The topological polar surface area (TPSA) is 46.1 Å². The Labute approximate surface area is 141 Å².